The van der Waals surface area contributed by atoms with Gasteiger partial charge in [0.25, 0.3) is 5.89 Å². The van der Waals surface area contributed by atoms with Gasteiger partial charge in [0.05, 0.1) is 28.2 Å². The maximum absolute atomic E-state index is 14.2. The molecule has 8 nitrogen and oxygen atoms in total. The number of sulfone groups is 1. The average Bonchev–Trinajstić information content (AvgIpc) is 3.31. The van der Waals surface area contributed by atoms with Crippen LogP contribution in [0.5, 0.6) is 0 Å². The van der Waals surface area contributed by atoms with E-state index in [1.165, 1.54) is 12.3 Å². The zero-order chi connectivity index (χ0) is 23.6. The summed E-state index contributed by atoms with van der Waals surface area (Å²) >= 11 is 0. The van der Waals surface area contributed by atoms with E-state index in [4.69, 9.17) is 4.42 Å². The number of rotatable bonds is 7. The summed E-state index contributed by atoms with van der Waals surface area (Å²) in [6, 6.07) is 11.2. The Balaban J connectivity index is 1.60. The fourth-order valence-corrected chi connectivity index (χ4v) is 4.21. The van der Waals surface area contributed by atoms with Crippen LogP contribution < -0.4 is 5.32 Å². The number of aromatic nitrogens is 4. The molecule has 1 N–H and O–H groups in total. The molecule has 0 fully saturated rings. The van der Waals surface area contributed by atoms with Gasteiger partial charge in [-0.1, -0.05) is 18.2 Å². The van der Waals surface area contributed by atoms with E-state index in [2.05, 4.69) is 25.5 Å². The Bertz CT molecular complexity index is 1390. The van der Waals surface area contributed by atoms with Crippen LogP contribution in [0.1, 0.15) is 19.4 Å². The van der Waals surface area contributed by atoms with Gasteiger partial charge in [0.2, 0.25) is 5.89 Å². The van der Waals surface area contributed by atoms with Crippen LogP contribution in [-0.2, 0) is 16.4 Å². The van der Waals surface area contributed by atoms with Gasteiger partial charge in [0.1, 0.15) is 11.5 Å². The molecule has 2 aromatic heterocycles. The molecule has 0 aliphatic heterocycles. The van der Waals surface area contributed by atoms with Gasteiger partial charge >= 0.3 is 0 Å². The van der Waals surface area contributed by atoms with E-state index in [0.29, 0.717) is 34.6 Å². The van der Waals surface area contributed by atoms with Crippen molar-refractivity contribution in [2.45, 2.75) is 30.5 Å². The first-order valence-electron chi connectivity index (χ1n) is 10.2. The lowest BCUT2D eigenvalue weighted by atomic mass is 10.1. The molecular formula is C23H22FN5O3S. The molecule has 0 saturated heterocycles. The second-order valence-electron chi connectivity index (χ2n) is 7.66. The highest BCUT2D eigenvalue weighted by atomic mass is 32.2. The standard InChI is InChI=1S/C23H22FN5O3S/c1-14(2)33(30,31)18-8-6-15(7-9-18)20-12-26-13-21(27-20)23-29-28-22(32-23)16-4-5-17(11-25-3)19(24)10-16/h4-10,12-14,25H,11H2,1-3H3. The van der Waals surface area contributed by atoms with Crippen LogP contribution >= 0.6 is 0 Å². The van der Waals surface area contributed by atoms with Gasteiger partial charge in [-0.25, -0.2) is 17.8 Å². The first-order chi connectivity index (χ1) is 15.8. The quantitative estimate of drug-likeness (QED) is 0.436. The molecule has 4 rings (SSSR count). The second kappa shape index (κ2) is 9.16. The summed E-state index contributed by atoms with van der Waals surface area (Å²) in [6.45, 7) is 3.69. The second-order valence-corrected chi connectivity index (χ2v) is 10.2. The SMILES string of the molecule is CNCc1ccc(-c2nnc(-c3cncc(-c4ccc(S(=O)(=O)C(C)C)cc4)n3)o2)cc1F. The van der Waals surface area contributed by atoms with Crippen molar-refractivity contribution in [3.8, 4) is 34.3 Å². The molecule has 0 atom stereocenters. The Hall–Kier alpha value is -3.50. The molecule has 0 radical (unpaired) electrons. The number of benzene rings is 2. The summed E-state index contributed by atoms with van der Waals surface area (Å²) in [5, 5.41) is 10.4. The summed E-state index contributed by atoms with van der Waals surface area (Å²) < 4.78 is 44.6. The predicted molar refractivity (Wildman–Crippen MR) is 121 cm³/mol. The molecule has 0 saturated carbocycles. The molecule has 0 amide bonds. The van der Waals surface area contributed by atoms with Gasteiger partial charge in [-0.05, 0) is 45.2 Å². The molecule has 33 heavy (non-hydrogen) atoms. The predicted octanol–water partition coefficient (Wildman–Crippen LogP) is 3.90. The van der Waals surface area contributed by atoms with Crippen molar-refractivity contribution in [1.82, 2.24) is 25.5 Å². The van der Waals surface area contributed by atoms with Crippen molar-refractivity contribution < 1.29 is 17.2 Å². The van der Waals surface area contributed by atoms with Crippen LogP contribution in [0.2, 0.25) is 0 Å². The molecule has 0 aliphatic carbocycles. The third kappa shape index (κ3) is 4.67. The van der Waals surface area contributed by atoms with Crippen molar-refractivity contribution in [3.63, 3.8) is 0 Å². The number of nitrogens with one attached hydrogen (secondary N) is 1. The fourth-order valence-electron chi connectivity index (χ4n) is 3.15. The van der Waals surface area contributed by atoms with Gasteiger partial charge in [0.15, 0.2) is 9.84 Å². The van der Waals surface area contributed by atoms with Crippen molar-refractivity contribution in [1.29, 1.82) is 0 Å². The molecule has 170 valence electrons. The van der Waals surface area contributed by atoms with Crippen LogP contribution in [0.3, 0.4) is 0 Å². The molecule has 0 unspecified atom stereocenters. The third-order valence-electron chi connectivity index (χ3n) is 5.05. The molecular weight excluding hydrogens is 445 g/mol. The van der Waals surface area contributed by atoms with Gasteiger partial charge in [0, 0.05) is 23.2 Å². The summed E-state index contributed by atoms with van der Waals surface area (Å²) in [5.74, 6) is -0.0697. The summed E-state index contributed by atoms with van der Waals surface area (Å²) in [6.07, 6.45) is 3.04. The van der Waals surface area contributed by atoms with Crippen LogP contribution in [-0.4, -0.2) is 40.9 Å². The normalized spacial score (nSPS) is 11.8. The maximum atomic E-state index is 14.2. The van der Waals surface area contributed by atoms with Crippen LogP contribution in [0, 0.1) is 5.82 Å². The van der Waals surface area contributed by atoms with Crippen molar-refractivity contribution in [2.75, 3.05) is 7.05 Å². The minimum absolute atomic E-state index is 0.137. The Morgan fingerprint density at radius 2 is 1.64 bits per heavy atom. The lowest BCUT2D eigenvalue weighted by Crippen LogP contribution is -2.13. The molecule has 10 heteroatoms. The van der Waals surface area contributed by atoms with Gasteiger partial charge in [-0.2, -0.15) is 0 Å². The van der Waals surface area contributed by atoms with E-state index in [0.717, 1.165) is 0 Å². The highest BCUT2D eigenvalue weighted by molar-refractivity contribution is 7.92. The Morgan fingerprint density at radius 1 is 0.970 bits per heavy atom. The van der Waals surface area contributed by atoms with E-state index >= 15 is 0 Å². The molecule has 4 aromatic rings. The number of halogens is 1. The first-order valence-corrected chi connectivity index (χ1v) is 11.8. The van der Waals surface area contributed by atoms with Crippen molar-refractivity contribution in [2.24, 2.45) is 0 Å². The molecule has 2 aromatic carbocycles. The summed E-state index contributed by atoms with van der Waals surface area (Å²) in [5.41, 5.74) is 2.54. The number of hydrogen-bond donors (Lipinski definition) is 1. The van der Waals surface area contributed by atoms with E-state index in [-0.39, 0.29) is 22.5 Å². The zero-order valence-electron chi connectivity index (χ0n) is 18.3. The van der Waals surface area contributed by atoms with Gasteiger partial charge in [-0.15, -0.1) is 10.2 Å². The highest BCUT2D eigenvalue weighted by Gasteiger charge is 2.19. The van der Waals surface area contributed by atoms with Crippen LogP contribution in [0.25, 0.3) is 34.3 Å². The number of hydrogen-bond acceptors (Lipinski definition) is 8. The monoisotopic (exact) mass is 467 g/mol. The van der Waals surface area contributed by atoms with Gasteiger partial charge in [-0.3, -0.25) is 4.98 Å². The lowest BCUT2D eigenvalue weighted by Gasteiger charge is -2.08. The van der Waals surface area contributed by atoms with Crippen LogP contribution in [0.15, 0.2) is 64.2 Å². The molecule has 0 bridgehead atoms. The molecule has 2 heterocycles. The smallest absolute Gasteiger partial charge is 0.268 e. The fraction of sp³-hybridized carbons (Fsp3) is 0.217. The van der Waals surface area contributed by atoms with Crippen molar-refractivity contribution in [3.05, 3.63) is 66.2 Å². The maximum Gasteiger partial charge on any atom is 0.268 e. The van der Waals surface area contributed by atoms with E-state index in [1.807, 2.05) is 0 Å². The summed E-state index contributed by atoms with van der Waals surface area (Å²) in [4.78, 5) is 8.95. The minimum Gasteiger partial charge on any atom is -0.415 e. The largest absolute Gasteiger partial charge is 0.415 e. The first kappa shape index (κ1) is 22.7. The third-order valence-corrected chi connectivity index (χ3v) is 7.22. The molecule has 0 aliphatic rings. The van der Waals surface area contributed by atoms with E-state index in [9.17, 15) is 12.8 Å². The Kier molecular flexibility index (Phi) is 6.30. The highest BCUT2D eigenvalue weighted by Crippen LogP contribution is 2.26. The van der Waals surface area contributed by atoms with Crippen molar-refractivity contribution >= 4 is 9.84 Å². The van der Waals surface area contributed by atoms with E-state index < -0.39 is 15.1 Å². The zero-order valence-corrected chi connectivity index (χ0v) is 19.1. The average molecular weight is 468 g/mol. The minimum atomic E-state index is -3.36. The summed E-state index contributed by atoms with van der Waals surface area (Å²) in [7, 11) is -1.61. The molecule has 0 spiro atoms. The van der Waals surface area contributed by atoms with Gasteiger partial charge < -0.3 is 9.73 Å². The Labute approximate surface area is 190 Å². The van der Waals surface area contributed by atoms with E-state index in [1.54, 1.807) is 63.5 Å². The Morgan fingerprint density at radius 3 is 2.30 bits per heavy atom. The topological polar surface area (TPSA) is 111 Å². The number of nitrogens with zero attached hydrogens (tertiary/aromatic N) is 4. The lowest BCUT2D eigenvalue weighted by molar-refractivity contribution is 0.576. The van der Waals surface area contributed by atoms with Crippen LogP contribution in [0.4, 0.5) is 4.39 Å².